The van der Waals surface area contributed by atoms with Crippen LogP contribution in [0.3, 0.4) is 0 Å². The van der Waals surface area contributed by atoms with Gasteiger partial charge in [0.1, 0.15) is 6.04 Å². The van der Waals surface area contributed by atoms with Gasteiger partial charge >= 0.3 is 35.8 Å². The first-order chi connectivity index (χ1) is 28.1. The quantitative estimate of drug-likeness (QED) is 0.0655. The van der Waals surface area contributed by atoms with E-state index in [1.807, 2.05) is 0 Å². The van der Waals surface area contributed by atoms with E-state index in [4.69, 9.17) is 0 Å². The number of amides is 1. The van der Waals surface area contributed by atoms with Gasteiger partial charge in [0.05, 0.1) is 38.4 Å². The number of aliphatic hydroxyl groups excluding tert-OH is 2. The lowest BCUT2D eigenvalue weighted by Gasteiger charge is -2.63. The van der Waals surface area contributed by atoms with Gasteiger partial charge in [-0.3, -0.25) is 48.3 Å². The number of aliphatic hydroxyl groups is 2. The molecule has 0 aliphatic heterocycles. The number of nitrogens with one attached hydrogen (secondary N) is 1. The second-order valence-corrected chi connectivity index (χ2v) is 18.5. The van der Waals surface area contributed by atoms with Crippen LogP contribution in [-0.2, 0) is 33.6 Å². The Morgan fingerprint density at radius 2 is 1.22 bits per heavy atom. The summed E-state index contributed by atoms with van der Waals surface area (Å²) in [4.78, 5) is 86.6. The lowest BCUT2D eigenvalue weighted by Crippen LogP contribution is -2.63. The first-order valence-electron chi connectivity index (χ1n) is 21.2. The van der Waals surface area contributed by atoms with Crippen molar-refractivity contribution in [2.24, 2.45) is 46.3 Å². The van der Waals surface area contributed by atoms with E-state index in [9.17, 15) is 74.4 Å². The molecule has 0 bridgehead atoms. The Hall–Kier alpha value is -3.91. The third-order valence-corrected chi connectivity index (χ3v) is 14.9. The molecular formula is C41H66N4O15. The summed E-state index contributed by atoms with van der Waals surface area (Å²) in [7, 11) is 0. The minimum Gasteiger partial charge on any atom is -0.481 e. The zero-order chi connectivity index (χ0) is 44.7. The Kier molecular flexibility index (Phi) is 16.9. The van der Waals surface area contributed by atoms with Gasteiger partial charge in [0, 0.05) is 45.1 Å². The minimum absolute atomic E-state index is 0.000897. The summed E-state index contributed by atoms with van der Waals surface area (Å²) in [5.41, 5.74) is -0.621. The molecule has 0 aromatic rings. The number of carbonyl (C=O) groups is 7. The van der Waals surface area contributed by atoms with E-state index in [1.54, 1.807) is 0 Å². The van der Waals surface area contributed by atoms with E-state index in [1.165, 1.54) is 4.90 Å². The predicted molar refractivity (Wildman–Crippen MR) is 212 cm³/mol. The second-order valence-electron chi connectivity index (χ2n) is 18.5. The zero-order valence-electron chi connectivity index (χ0n) is 35.0. The molecule has 0 aromatic heterocycles. The molecule has 4 aliphatic carbocycles. The molecule has 4 fully saturated rings. The van der Waals surface area contributed by atoms with Crippen LogP contribution >= 0.6 is 0 Å². The highest BCUT2D eigenvalue weighted by atomic mass is 16.4. The van der Waals surface area contributed by atoms with Gasteiger partial charge in [-0.25, -0.2) is 0 Å². The SMILES string of the molecule is C[C@H](CCC(=O)O)[C@H]1CC[C@H]2[C@@H]3[C@H](O)C[C@@H]4C[C@@H](NC(=O)CCC(C(=O)O)N(CCN(CC(=O)O)CC(=O)O)CCN(CC(=O)O)CC(=O)O)CC[C@]4(C)[C@H]3C[C@H](O)[C@]12C. The Balaban J connectivity index is 1.42. The number of hydrogen-bond acceptors (Lipinski definition) is 12. The molecule has 0 aromatic carbocycles. The fourth-order valence-corrected chi connectivity index (χ4v) is 12.0. The maximum Gasteiger partial charge on any atom is 0.320 e. The average molecular weight is 855 g/mol. The third kappa shape index (κ3) is 11.9. The first kappa shape index (κ1) is 48.8. The molecule has 0 radical (unpaired) electrons. The molecule has 340 valence electrons. The highest BCUT2D eigenvalue weighted by molar-refractivity contribution is 5.79. The van der Waals surface area contributed by atoms with Crippen LogP contribution in [0.5, 0.6) is 0 Å². The number of carboxylic acids is 6. The van der Waals surface area contributed by atoms with Gasteiger partial charge in [-0.2, -0.15) is 0 Å². The van der Waals surface area contributed by atoms with Crippen molar-refractivity contribution in [3.63, 3.8) is 0 Å². The summed E-state index contributed by atoms with van der Waals surface area (Å²) in [6.07, 6.45) is 3.82. The van der Waals surface area contributed by atoms with Gasteiger partial charge in [-0.05, 0) is 104 Å². The first-order valence-corrected chi connectivity index (χ1v) is 21.2. The fraction of sp³-hybridized carbons (Fsp3) is 0.829. The molecule has 4 aliphatic rings. The van der Waals surface area contributed by atoms with E-state index in [2.05, 4.69) is 26.1 Å². The maximum atomic E-state index is 13.5. The third-order valence-electron chi connectivity index (χ3n) is 14.9. The van der Waals surface area contributed by atoms with Crippen LogP contribution in [0.15, 0.2) is 0 Å². The van der Waals surface area contributed by atoms with Crippen molar-refractivity contribution in [1.29, 1.82) is 0 Å². The molecular weight excluding hydrogens is 788 g/mol. The van der Waals surface area contributed by atoms with E-state index in [0.717, 1.165) is 29.1 Å². The van der Waals surface area contributed by atoms with E-state index >= 15 is 0 Å². The summed E-state index contributed by atoms with van der Waals surface area (Å²) in [5, 5.41) is 83.5. The smallest absolute Gasteiger partial charge is 0.320 e. The molecule has 0 heterocycles. The van der Waals surface area contributed by atoms with Gasteiger partial charge < -0.3 is 46.2 Å². The topological polar surface area (TPSA) is 303 Å². The number of aliphatic carboxylic acids is 6. The zero-order valence-corrected chi connectivity index (χ0v) is 35.0. The van der Waals surface area contributed by atoms with Crippen LogP contribution < -0.4 is 5.32 Å². The van der Waals surface area contributed by atoms with Crippen LogP contribution in [0.25, 0.3) is 0 Å². The minimum atomic E-state index is -1.34. The number of fused-ring (bicyclic) bond motifs is 5. The molecule has 0 saturated heterocycles. The average Bonchev–Trinajstić information content (AvgIpc) is 3.49. The van der Waals surface area contributed by atoms with Crippen LogP contribution in [0.2, 0.25) is 0 Å². The molecule has 4 saturated carbocycles. The molecule has 4 rings (SSSR count). The Morgan fingerprint density at radius 1 is 0.667 bits per heavy atom. The predicted octanol–water partition coefficient (Wildman–Crippen LogP) is 1.05. The summed E-state index contributed by atoms with van der Waals surface area (Å²) >= 11 is 0. The Labute approximate surface area is 350 Å². The van der Waals surface area contributed by atoms with Crippen molar-refractivity contribution in [1.82, 2.24) is 20.0 Å². The van der Waals surface area contributed by atoms with E-state index < -0.39 is 91.6 Å². The second kappa shape index (κ2) is 20.8. The van der Waals surface area contributed by atoms with Crippen molar-refractivity contribution in [3.8, 4) is 0 Å². The van der Waals surface area contributed by atoms with Crippen molar-refractivity contribution in [2.75, 3.05) is 52.4 Å². The monoisotopic (exact) mass is 854 g/mol. The number of nitrogens with zero attached hydrogens (tertiary/aromatic N) is 3. The highest BCUT2D eigenvalue weighted by Gasteiger charge is 2.65. The van der Waals surface area contributed by atoms with Gasteiger partial charge in [-0.15, -0.1) is 0 Å². The van der Waals surface area contributed by atoms with Gasteiger partial charge in [0.15, 0.2) is 0 Å². The fourth-order valence-electron chi connectivity index (χ4n) is 12.0. The normalized spacial score (nSPS) is 32.1. The number of hydrogen-bond donors (Lipinski definition) is 9. The largest absolute Gasteiger partial charge is 0.481 e. The van der Waals surface area contributed by atoms with Crippen LogP contribution in [0, 0.1) is 46.3 Å². The Bertz CT molecular complexity index is 1510. The Morgan fingerprint density at radius 3 is 1.72 bits per heavy atom. The lowest BCUT2D eigenvalue weighted by molar-refractivity contribution is -0.202. The summed E-state index contributed by atoms with van der Waals surface area (Å²) < 4.78 is 0. The van der Waals surface area contributed by atoms with Gasteiger partial charge in [0.2, 0.25) is 5.91 Å². The molecule has 1 unspecified atom stereocenters. The summed E-state index contributed by atoms with van der Waals surface area (Å²) in [6, 6.07) is -1.59. The molecule has 9 N–H and O–H groups in total. The van der Waals surface area contributed by atoms with Gasteiger partial charge in [-0.1, -0.05) is 20.8 Å². The molecule has 60 heavy (non-hydrogen) atoms. The van der Waals surface area contributed by atoms with E-state index in [-0.39, 0.29) is 92.4 Å². The number of carbonyl (C=O) groups excluding carboxylic acids is 1. The van der Waals surface area contributed by atoms with E-state index in [0.29, 0.717) is 32.1 Å². The molecule has 1 amide bonds. The molecule has 19 nitrogen and oxygen atoms in total. The van der Waals surface area contributed by atoms with Crippen LogP contribution in [0.4, 0.5) is 0 Å². The van der Waals surface area contributed by atoms with Crippen LogP contribution in [0.1, 0.15) is 91.4 Å². The highest BCUT2D eigenvalue weighted by Crippen LogP contribution is 2.68. The maximum absolute atomic E-state index is 13.5. The summed E-state index contributed by atoms with van der Waals surface area (Å²) in [5.74, 6) is -7.31. The molecule has 19 heteroatoms. The summed E-state index contributed by atoms with van der Waals surface area (Å²) in [6.45, 7) is 3.08. The van der Waals surface area contributed by atoms with Crippen LogP contribution in [-0.4, -0.2) is 174 Å². The van der Waals surface area contributed by atoms with Crippen molar-refractivity contribution in [2.45, 2.75) is 116 Å². The van der Waals surface area contributed by atoms with Crippen molar-refractivity contribution < 1.29 is 74.4 Å². The molecule has 0 spiro atoms. The molecule has 12 atom stereocenters. The van der Waals surface area contributed by atoms with Gasteiger partial charge in [0.25, 0.3) is 0 Å². The standard InChI is InChI=1S/C41H66N4O15/c1-23(4-9-33(49)50)26-5-6-27-38-28(18-31(47)41(26,27)3)40(2)11-10-25(16-24(40)17-30(38)46)42-32(48)8-7-29(39(59)60)45(14-12-43(19-34(51)52)20-35(53)54)15-13-44(21-36(55)56)22-37(57)58/h23-31,38,46-47H,4-22H2,1-3H3,(H,42,48)(H,49,50)(H,51,52)(H,53,54)(H,55,56)(H,57,58)(H,59,60)/t23-,24+,25+,26-,27+,28+,29?,30-,31+,38+,40+,41-/m1/s1. The lowest BCUT2D eigenvalue weighted by atomic mass is 9.43. The van der Waals surface area contributed by atoms with Crippen molar-refractivity contribution in [3.05, 3.63) is 0 Å². The number of rotatable bonds is 24. The van der Waals surface area contributed by atoms with Crippen molar-refractivity contribution >= 4 is 41.7 Å². The number of carboxylic acid groups (broad SMARTS) is 6.